The van der Waals surface area contributed by atoms with Gasteiger partial charge in [-0.1, -0.05) is 25.0 Å². The zero-order valence-corrected chi connectivity index (χ0v) is 9.73. The molecule has 1 aliphatic carbocycles. The first kappa shape index (κ1) is 11.5. The zero-order chi connectivity index (χ0) is 10.6. The molecule has 14 heavy (non-hydrogen) atoms. The quantitative estimate of drug-likeness (QED) is 0.607. The van der Waals surface area contributed by atoms with Gasteiger partial charge >= 0.3 is 0 Å². The van der Waals surface area contributed by atoms with Gasteiger partial charge in [0.05, 0.1) is 0 Å². The van der Waals surface area contributed by atoms with Gasteiger partial charge in [0.1, 0.15) is 5.78 Å². The topological polar surface area (TPSA) is 17.1 Å². The molecule has 0 bridgehead atoms. The van der Waals surface area contributed by atoms with Crippen molar-refractivity contribution in [3.63, 3.8) is 0 Å². The Morgan fingerprint density at radius 3 is 2.50 bits per heavy atom. The lowest BCUT2D eigenvalue weighted by Gasteiger charge is -2.23. The largest absolute Gasteiger partial charge is 0.300 e. The molecule has 1 atom stereocenters. The molecule has 1 heteroatoms. The lowest BCUT2D eigenvalue weighted by Crippen LogP contribution is -2.08. The number of ketones is 1. The molecule has 1 unspecified atom stereocenters. The van der Waals surface area contributed by atoms with Gasteiger partial charge in [0.25, 0.3) is 0 Å². The summed E-state index contributed by atoms with van der Waals surface area (Å²) in [6.45, 7) is 6.45. The van der Waals surface area contributed by atoms with Crippen LogP contribution in [0.2, 0.25) is 0 Å². The van der Waals surface area contributed by atoms with Crippen LogP contribution in [0.3, 0.4) is 0 Å². The Kier molecular flexibility index (Phi) is 4.37. The smallest absolute Gasteiger partial charge is 0.132 e. The molecule has 0 radical (unpaired) electrons. The van der Waals surface area contributed by atoms with Gasteiger partial charge in [-0.05, 0) is 38.5 Å². The molecule has 0 aliphatic heterocycles. The Bertz CT molecular complexity index is 232. The Hall–Kier alpha value is -0.590. The van der Waals surface area contributed by atoms with E-state index in [0.29, 0.717) is 18.1 Å². The summed E-state index contributed by atoms with van der Waals surface area (Å²) < 4.78 is 0. The third-order valence-corrected chi connectivity index (χ3v) is 3.50. The molecule has 0 heterocycles. The van der Waals surface area contributed by atoms with Gasteiger partial charge in [-0.25, -0.2) is 0 Å². The third-order valence-electron chi connectivity index (χ3n) is 3.50. The van der Waals surface area contributed by atoms with Crippen molar-refractivity contribution in [1.29, 1.82) is 0 Å². The molecule has 1 nitrogen and oxygen atoms in total. The summed E-state index contributed by atoms with van der Waals surface area (Å²) in [5.41, 5.74) is 3.21. The highest BCUT2D eigenvalue weighted by Gasteiger charge is 2.16. The van der Waals surface area contributed by atoms with Crippen LogP contribution in [0.4, 0.5) is 0 Å². The van der Waals surface area contributed by atoms with Crippen LogP contribution in [-0.4, -0.2) is 5.78 Å². The number of carbonyl (C=O) groups excluding carboxylic acids is 1. The molecular formula is C13H22O. The summed E-state index contributed by atoms with van der Waals surface area (Å²) in [4.78, 5) is 11.2. The molecule has 0 N–H and O–H groups in total. The minimum Gasteiger partial charge on any atom is -0.300 e. The molecule has 0 aromatic carbocycles. The Labute approximate surface area is 87.6 Å². The summed E-state index contributed by atoms with van der Waals surface area (Å²) in [5.74, 6) is 1.02. The van der Waals surface area contributed by atoms with Crippen molar-refractivity contribution in [2.45, 2.75) is 59.3 Å². The van der Waals surface area contributed by atoms with Gasteiger partial charge < -0.3 is 0 Å². The molecule has 1 rings (SSSR count). The minimum absolute atomic E-state index is 0.406. The standard InChI is InChI=1S/C13H22O/c1-4-13(14)9-8-10(2)11(3)12-6-5-7-12/h10H,4-9H2,1-3H3. The van der Waals surface area contributed by atoms with Crippen LogP contribution in [0.25, 0.3) is 0 Å². The van der Waals surface area contributed by atoms with E-state index in [0.717, 1.165) is 12.8 Å². The summed E-state index contributed by atoms with van der Waals surface area (Å²) in [5, 5.41) is 0. The highest BCUT2D eigenvalue weighted by Crippen LogP contribution is 2.32. The van der Waals surface area contributed by atoms with Crippen LogP contribution < -0.4 is 0 Å². The maximum absolute atomic E-state index is 11.2. The lowest BCUT2D eigenvalue weighted by molar-refractivity contribution is -0.118. The van der Waals surface area contributed by atoms with Crippen LogP contribution in [0, 0.1) is 5.92 Å². The average molecular weight is 194 g/mol. The van der Waals surface area contributed by atoms with Crippen molar-refractivity contribution < 1.29 is 4.79 Å². The second-order valence-electron chi connectivity index (χ2n) is 4.47. The normalized spacial score (nSPS) is 17.5. The number of carbonyl (C=O) groups is 1. The van der Waals surface area contributed by atoms with E-state index in [9.17, 15) is 4.79 Å². The fraction of sp³-hybridized carbons (Fsp3) is 0.769. The van der Waals surface area contributed by atoms with Gasteiger partial charge in [-0.2, -0.15) is 0 Å². The van der Waals surface area contributed by atoms with Crippen LogP contribution in [0.1, 0.15) is 59.3 Å². The Morgan fingerprint density at radius 2 is 2.07 bits per heavy atom. The van der Waals surface area contributed by atoms with Gasteiger partial charge in [0.2, 0.25) is 0 Å². The Morgan fingerprint density at radius 1 is 1.43 bits per heavy atom. The van der Waals surface area contributed by atoms with E-state index in [2.05, 4.69) is 13.8 Å². The number of allylic oxidation sites excluding steroid dienone is 2. The summed E-state index contributed by atoms with van der Waals surface area (Å²) >= 11 is 0. The van der Waals surface area contributed by atoms with Gasteiger partial charge in [-0.15, -0.1) is 0 Å². The fourth-order valence-electron chi connectivity index (χ4n) is 1.87. The first-order chi connectivity index (χ1) is 6.65. The molecule has 1 saturated carbocycles. The van der Waals surface area contributed by atoms with Crippen molar-refractivity contribution in [3.8, 4) is 0 Å². The van der Waals surface area contributed by atoms with E-state index in [1.54, 1.807) is 11.1 Å². The van der Waals surface area contributed by atoms with E-state index >= 15 is 0 Å². The summed E-state index contributed by atoms with van der Waals surface area (Å²) in [7, 11) is 0. The average Bonchev–Trinajstić information content (AvgIpc) is 2.10. The summed E-state index contributed by atoms with van der Waals surface area (Å²) in [6.07, 6.45) is 6.48. The van der Waals surface area contributed by atoms with Crippen LogP contribution >= 0.6 is 0 Å². The zero-order valence-electron chi connectivity index (χ0n) is 9.73. The third kappa shape index (κ3) is 2.97. The van der Waals surface area contributed by atoms with Crippen molar-refractivity contribution in [3.05, 3.63) is 11.1 Å². The predicted molar refractivity (Wildman–Crippen MR) is 60.2 cm³/mol. The molecule has 0 aromatic rings. The molecule has 1 fully saturated rings. The molecule has 80 valence electrons. The first-order valence-corrected chi connectivity index (χ1v) is 5.85. The van der Waals surface area contributed by atoms with Crippen molar-refractivity contribution in [1.82, 2.24) is 0 Å². The fourth-order valence-corrected chi connectivity index (χ4v) is 1.87. The van der Waals surface area contributed by atoms with E-state index in [1.807, 2.05) is 6.92 Å². The highest BCUT2D eigenvalue weighted by molar-refractivity contribution is 5.77. The highest BCUT2D eigenvalue weighted by atomic mass is 16.1. The second-order valence-corrected chi connectivity index (χ2v) is 4.47. The van der Waals surface area contributed by atoms with Crippen LogP contribution in [0.15, 0.2) is 11.1 Å². The van der Waals surface area contributed by atoms with Crippen molar-refractivity contribution in [2.75, 3.05) is 0 Å². The van der Waals surface area contributed by atoms with E-state index in [1.165, 1.54) is 19.3 Å². The predicted octanol–water partition coefficient (Wildman–Crippen LogP) is 3.88. The number of hydrogen-bond donors (Lipinski definition) is 0. The lowest BCUT2D eigenvalue weighted by atomic mass is 9.82. The van der Waals surface area contributed by atoms with E-state index in [4.69, 9.17) is 0 Å². The number of rotatable bonds is 5. The second kappa shape index (κ2) is 5.33. The molecular weight excluding hydrogens is 172 g/mol. The molecule has 0 aromatic heterocycles. The van der Waals surface area contributed by atoms with Crippen molar-refractivity contribution >= 4 is 5.78 Å². The number of hydrogen-bond acceptors (Lipinski definition) is 1. The van der Waals surface area contributed by atoms with E-state index < -0.39 is 0 Å². The van der Waals surface area contributed by atoms with Gasteiger partial charge in [0, 0.05) is 12.8 Å². The SMILES string of the molecule is CCC(=O)CCC(C)C(C)=C1CCC1. The Balaban J connectivity index is 2.34. The summed E-state index contributed by atoms with van der Waals surface area (Å²) in [6, 6.07) is 0. The molecule has 0 amide bonds. The monoisotopic (exact) mass is 194 g/mol. The molecule has 0 spiro atoms. The molecule has 1 aliphatic rings. The maximum Gasteiger partial charge on any atom is 0.132 e. The minimum atomic E-state index is 0.406. The maximum atomic E-state index is 11.2. The van der Waals surface area contributed by atoms with E-state index in [-0.39, 0.29) is 0 Å². The van der Waals surface area contributed by atoms with Crippen LogP contribution in [-0.2, 0) is 4.79 Å². The molecule has 0 saturated heterocycles. The van der Waals surface area contributed by atoms with Crippen LogP contribution in [0.5, 0.6) is 0 Å². The van der Waals surface area contributed by atoms with Gasteiger partial charge in [0.15, 0.2) is 0 Å². The van der Waals surface area contributed by atoms with Gasteiger partial charge in [-0.3, -0.25) is 4.79 Å². The van der Waals surface area contributed by atoms with Crippen molar-refractivity contribution in [2.24, 2.45) is 5.92 Å². The number of Topliss-reactive ketones (excluding diaryl/α,β-unsaturated/α-hetero) is 1. The first-order valence-electron chi connectivity index (χ1n) is 5.85.